The first-order valence-corrected chi connectivity index (χ1v) is 13.4. The summed E-state index contributed by atoms with van der Waals surface area (Å²) in [5.74, 6) is -0.265. The predicted molar refractivity (Wildman–Crippen MR) is 142 cm³/mol. The van der Waals surface area contributed by atoms with Crippen molar-refractivity contribution in [1.29, 1.82) is 0 Å². The van der Waals surface area contributed by atoms with Gasteiger partial charge in [-0.1, -0.05) is 25.8 Å². The third kappa shape index (κ3) is 4.52. The van der Waals surface area contributed by atoms with Crippen LogP contribution in [0.25, 0.3) is 22.2 Å². The maximum Gasteiger partial charge on any atom is 0.335 e. The summed E-state index contributed by atoms with van der Waals surface area (Å²) in [6, 6.07) is 12.0. The number of alkyl halides is 1. The molecular formula is C30H37FN2O3. The van der Waals surface area contributed by atoms with Crippen LogP contribution in [0.2, 0.25) is 0 Å². The maximum absolute atomic E-state index is 15.5. The van der Waals surface area contributed by atoms with Crippen LogP contribution in [0.15, 0.2) is 36.4 Å². The molecule has 1 N–H and O–H groups in total. The van der Waals surface area contributed by atoms with Crippen molar-refractivity contribution in [3.05, 3.63) is 53.1 Å². The lowest BCUT2D eigenvalue weighted by Gasteiger charge is -2.32. The monoisotopic (exact) mass is 492 g/mol. The number of carboxylic acid groups (broad SMARTS) is 1. The summed E-state index contributed by atoms with van der Waals surface area (Å²) in [5.41, 5.74) is 5.54. The number of carboxylic acids is 1. The Morgan fingerprint density at radius 1 is 1.14 bits per heavy atom. The normalized spacial score (nSPS) is 20.6. The molecule has 2 atom stereocenters. The Labute approximate surface area is 212 Å². The molecule has 1 aliphatic heterocycles. The minimum atomic E-state index is -0.942. The summed E-state index contributed by atoms with van der Waals surface area (Å²) < 4.78 is 23.8. The van der Waals surface area contributed by atoms with Crippen LogP contribution in [0, 0.1) is 0 Å². The molecule has 5 rings (SSSR count). The quantitative estimate of drug-likeness (QED) is 0.402. The van der Waals surface area contributed by atoms with Gasteiger partial charge in [-0.05, 0) is 74.6 Å². The van der Waals surface area contributed by atoms with Crippen molar-refractivity contribution < 1.29 is 19.0 Å². The lowest BCUT2D eigenvalue weighted by molar-refractivity contribution is 0.0697. The molecule has 5 nitrogen and oxygen atoms in total. The molecule has 0 bridgehead atoms. The number of nitrogens with zero attached hydrogens (tertiary/aromatic N) is 2. The summed E-state index contributed by atoms with van der Waals surface area (Å²) >= 11 is 0. The summed E-state index contributed by atoms with van der Waals surface area (Å²) in [4.78, 5) is 14.3. The van der Waals surface area contributed by atoms with E-state index in [0.29, 0.717) is 19.1 Å². The van der Waals surface area contributed by atoms with Gasteiger partial charge in [0.25, 0.3) is 0 Å². The van der Waals surface area contributed by atoms with E-state index in [1.165, 1.54) is 5.56 Å². The second-order valence-electron chi connectivity index (χ2n) is 10.6. The molecule has 36 heavy (non-hydrogen) atoms. The lowest BCUT2D eigenvalue weighted by Crippen LogP contribution is -2.35. The van der Waals surface area contributed by atoms with E-state index in [4.69, 9.17) is 4.74 Å². The molecule has 0 unspecified atom stereocenters. The van der Waals surface area contributed by atoms with Crippen molar-refractivity contribution in [2.75, 3.05) is 13.2 Å². The Morgan fingerprint density at radius 3 is 2.67 bits per heavy atom. The molecule has 2 aliphatic rings. The number of hydrogen-bond acceptors (Lipinski definition) is 3. The van der Waals surface area contributed by atoms with Gasteiger partial charge in [-0.15, -0.1) is 0 Å². The van der Waals surface area contributed by atoms with Crippen LogP contribution in [0.5, 0.6) is 5.75 Å². The molecule has 2 aromatic carbocycles. The second kappa shape index (κ2) is 10.3. The highest BCUT2D eigenvalue weighted by molar-refractivity contribution is 5.98. The highest BCUT2D eigenvalue weighted by atomic mass is 19.1. The van der Waals surface area contributed by atoms with E-state index in [0.717, 1.165) is 78.8 Å². The van der Waals surface area contributed by atoms with Crippen LogP contribution in [0.3, 0.4) is 0 Å². The number of benzene rings is 2. The van der Waals surface area contributed by atoms with E-state index in [1.54, 1.807) is 12.1 Å². The molecule has 1 aliphatic carbocycles. The zero-order valence-electron chi connectivity index (χ0n) is 21.6. The number of fused-ring (bicyclic) bond motifs is 5. The minimum Gasteiger partial charge on any atom is -0.494 e. The van der Waals surface area contributed by atoms with Crippen molar-refractivity contribution in [3.8, 4) is 17.0 Å². The Balaban J connectivity index is 1.79. The van der Waals surface area contributed by atoms with Crippen molar-refractivity contribution in [2.45, 2.75) is 84.1 Å². The summed E-state index contributed by atoms with van der Waals surface area (Å²) in [5, 5.41) is 10.7. The van der Waals surface area contributed by atoms with Gasteiger partial charge in [-0.3, -0.25) is 4.90 Å². The first-order chi connectivity index (χ1) is 17.4. The van der Waals surface area contributed by atoms with Gasteiger partial charge in [0.2, 0.25) is 0 Å². The van der Waals surface area contributed by atoms with Crippen molar-refractivity contribution in [1.82, 2.24) is 9.47 Å². The Bertz CT molecular complexity index is 1260. The largest absolute Gasteiger partial charge is 0.494 e. The van der Waals surface area contributed by atoms with E-state index in [1.807, 2.05) is 12.1 Å². The number of halogens is 1. The van der Waals surface area contributed by atoms with E-state index in [2.05, 4.69) is 42.4 Å². The molecule has 3 aromatic rings. The molecule has 192 valence electrons. The third-order valence-corrected chi connectivity index (χ3v) is 7.92. The Hall–Kier alpha value is -2.86. The first kappa shape index (κ1) is 24.8. The summed E-state index contributed by atoms with van der Waals surface area (Å²) in [6.45, 7) is 9.53. The van der Waals surface area contributed by atoms with E-state index in [9.17, 15) is 9.90 Å². The fourth-order valence-electron chi connectivity index (χ4n) is 6.03. The number of aromatic nitrogens is 1. The Kier molecular flexibility index (Phi) is 7.07. The van der Waals surface area contributed by atoms with Crippen LogP contribution >= 0.6 is 0 Å². The molecule has 0 spiro atoms. The van der Waals surface area contributed by atoms with Crippen molar-refractivity contribution in [3.63, 3.8) is 0 Å². The Morgan fingerprint density at radius 2 is 1.94 bits per heavy atom. The van der Waals surface area contributed by atoms with E-state index < -0.39 is 12.1 Å². The molecule has 0 radical (unpaired) electrons. The van der Waals surface area contributed by atoms with Gasteiger partial charge >= 0.3 is 5.97 Å². The molecule has 1 fully saturated rings. The van der Waals surface area contributed by atoms with E-state index >= 15 is 4.39 Å². The predicted octanol–water partition coefficient (Wildman–Crippen LogP) is 7.02. The van der Waals surface area contributed by atoms with Gasteiger partial charge in [0.05, 0.1) is 17.9 Å². The highest BCUT2D eigenvalue weighted by Crippen LogP contribution is 2.47. The van der Waals surface area contributed by atoms with Crippen LogP contribution in [0.1, 0.15) is 80.3 Å². The van der Waals surface area contributed by atoms with E-state index in [-0.39, 0.29) is 11.5 Å². The molecular weight excluding hydrogens is 455 g/mol. The first-order valence-electron chi connectivity index (χ1n) is 13.4. The topological polar surface area (TPSA) is 54.7 Å². The fraction of sp³-hybridized carbons (Fsp3) is 0.500. The average molecular weight is 493 g/mol. The summed E-state index contributed by atoms with van der Waals surface area (Å²) in [6.07, 6.45) is 3.40. The van der Waals surface area contributed by atoms with Crippen molar-refractivity contribution in [2.24, 2.45) is 0 Å². The highest BCUT2D eigenvalue weighted by Gasteiger charge is 2.34. The van der Waals surface area contributed by atoms with Gasteiger partial charge in [0, 0.05) is 48.1 Å². The third-order valence-electron chi connectivity index (χ3n) is 7.92. The number of carbonyl (C=O) groups is 1. The number of aromatic carboxylic acids is 1. The second-order valence-corrected chi connectivity index (χ2v) is 10.6. The van der Waals surface area contributed by atoms with Gasteiger partial charge < -0.3 is 14.4 Å². The smallest absolute Gasteiger partial charge is 0.335 e. The molecule has 2 heterocycles. The molecule has 0 saturated heterocycles. The number of ether oxygens (including phenoxy) is 1. The molecule has 6 heteroatoms. The standard InChI is InChI=1S/C30H37FN2O3/c1-4-15-36-22-10-12-23-21(16-22)18-32(19(2)3)13-14-33-27-17-20(30(34)35)9-11-25(27)28(29(23)33)24-7-5-6-8-26(24)31/h9-12,16-17,19,24,26H,4-8,13-15,18H2,1-3H3,(H,34,35)/t24-,26-/m0/s1. The van der Waals surface area contributed by atoms with Crippen LogP contribution in [0.4, 0.5) is 4.39 Å². The number of rotatable bonds is 6. The SMILES string of the molecule is CCCOc1ccc2c(c1)CN(C(C)C)CCn1c-2c([C@H]2CCCC[C@@H]2F)c2ccc(C(=O)O)cc21. The van der Waals surface area contributed by atoms with Crippen LogP contribution in [-0.4, -0.2) is 45.9 Å². The fourth-order valence-corrected chi connectivity index (χ4v) is 6.03. The van der Waals surface area contributed by atoms with Gasteiger partial charge in [0.15, 0.2) is 0 Å². The molecule has 1 saturated carbocycles. The maximum atomic E-state index is 15.5. The van der Waals surface area contributed by atoms with Crippen molar-refractivity contribution >= 4 is 16.9 Å². The van der Waals surface area contributed by atoms with Gasteiger partial charge in [0.1, 0.15) is 11.9 Å². The van der Waals surface area contributed by atoms with Crippen LogP contribution < -0.4 is 4.74 Å². The average Bonchev–Trinajstić information content (AvgIpc) is 3.16. The van der Waals surface area contributed by atoms with Gasteiger partial charge in [-0.25, -0.2) is 9.18 Å². The zero-order valence-corrected chi connectivity index (χ0v) is 21.6. The molecule has 1 aromatic heterocycles. The number of hydrogen-bond donors (Lipinski definition) is 1. The minimum absolute atomic E-state index is 0.183. The molecule has 0 amide bonds. The zero-order chi connectivity index (χ0) is 25.4. The van der Waals surface area contributed by atoms with Gasteiger partial charge in [-0.2, -0.15) is 0 Å². The lowest BCUT2D eigenvalue weighted by atomic mass is 9.80. The van der Waals surface area contributed by atoms with Crippen LogP contribution in [-0.2, 0) is 13.1 Å². The summed E-state index contributed by atoms with van der Waals surface area (Å²) in [7, 11) is 0.